The first-order valence-electron chi connectivity index (χ1n) is 10.5. The summed E-state index contributed by atoms with van der Waals surface area (Å²) < 4.78 is 42.7. The van der Waals surface area contributed by atoms with E-state index < -0.39 is 29.2 Å². The van der Waals surface area contributed by atoms with Gasteiger partial charge in [-0.05, 0) is 53.1 Å². The van der Waals surface area contributed by atoms with Crippen LogP contribution in [0.25, 0.3) is 11.1 Å². The lowest BCUT2D eigenvalue weighted by molar-refractivity contribution is 0.0692. The van der Waals surface area contributed by atoms with Gasteiger partial charge in [0.1, 0.15) is 23.9 Å². The number of carbonyl (C=O) groups is 1. The molecule has 0 aromatic heterocycles. The lowest BCUT2D eigenvalue weighted by Crippen LogP contribution is -2.26. The molecule has 0 saturated heterocycles. The van der Waals surface area contributed by atoms with E-state index in [9.17, 15) is 28.2 Å². The van der Waals surface area contributed by atoms with Crippen molar-refractivity contribution >= 4 is 22.9 Å². The fraction of sp³-hybridized carbons (Fsp3) is 0.208. The number of anilines is 1. The van der Waals surface area contributed by atoms with Gasteiger partial charge in [0.2, 0.25) is 0 Å². The van der Waals surface area contributed by atoms with Crippen LogP contribution in [-0.2, 0) is 11.3 Å². The maximum Gasteiger partial charge on any atom is 0.338 e. The van der Waals surface area contributed by atoms with Gasteiger partial charge in [-0.15, -0.1) is 0 Å². The van der Waals surface area contributed by atoms with Crippen molar-refractivity contribution in [3.8, 4) is 22.6 Å². The highest BCUT2D eigenvalue weighted by Crippen LogP contribution is 2.30. The molecule has 3 aromatic carbocycles. The number of aliphatic hydroxyl groups excluding tert-OH is 1. The molecule has 2 unspecified atom stereocenters. The van der Waals surface area contributed by atoms with E-state index in [1.165, 1.54) is 43.4 Å². The Balaban J connectivity index is 1.48. The van der Waals surface area contributed by atoms with E-state index in [1.54, 1.807) is 24.3 Å². The first-order chi connectivity index (χ1) is 16.7. The van der Waals surface area contributed by atoms with E-state index in [2.05, 4.69) is 5.32 Å². The van der Waals surface area contributed by atoms with Crippen molar-refractivity contribution in [3.05, 3.63) is 77.6 Å². The highest BCUT2D eigenvalue weighted by Gasteiger charge is 2.14. The third kappa shape index (κ3) is 6.76. The monoisotopic (exact) mass is 503 g/mol. The summed E-state index contributed by atoms with van der Waals surface area (Å²) in [6, 6.07) is 15.0. The van der Waals surface area contributed by atoms with Crippen molar-refractivity contribution in [3.63, 3.8) is 0 Å². The predicted molar refractivity (Wildman–Crippen MR) is 128 cm³/mol. The van der Waals surface area contributed by atoms with Gasteiger partial charge in [0, 0.05) is 31.4 Å². The summed E-state index contributed by atoms with van der Waals surface area (Å²) in [4.78, 5) is 10.9. The molecule has 0 aliphatic carbocycles. The standard InChI is InChI=1S/C24H25FN2O7S/c1-27(35(32)33)21-13-17(5-9-22(21)28)23(29)14-26-10-11-34-18-6-2-15(3-7-18)16-4-8-19(24(30)31)20(25)12-16/h2-9,12-13,23,26,28-29H,10-11,14H2,1H3,(H,30,31)(H,32,33)/p-1. The maximum absolute atomic E-state index is 13.9. The van der Waals surface area contributed by atoms with Crippen LogP contribution >= 0.6 is 0 Å². The average molecular weight is 504 g/mol. The number of rotatable bonds is 11. The molecule has 4 N–H and O–H groups in total. The largest absolute Gasteiger partial charge is 0.755 e. The molecule has 0 aliphatic heterocycles. The summed E-state index contributed by atoms with van der Waals surface area (Å²) >= 11 is -2.56. The zero-order valence-electron chi connectivity index (χ0n) is 18.7. The summed E-state index contributed by atoms with van der Waals surface area (Å²) in [5.74, 6) is -1.77. The van der Waals surface area contributed by atoms with Crippen molar-refractivity contribution in [1.82, 2.24) is 5.32 Å². The molecule has 0 bridgehead atoms. The van der Waals surface area contributed by atoms with E-state index in [0.717, 1.165) is 4.31 Å². The zero-order chi connectivity index (χ0) is 25.5. The van der Waals surface area contributed by atoms with Crippen LogP contribution in [0.4, 0.5) is 10.1 Å². The first kappa shape index (κ1) is 26.1. The lowest BCUT2D eigenvalue weighted by Gasteiger charge is -2.23. The number of aromatic carboxylic acids is 1. The van der Waals surface area contributed by atoms with E-state index in [1.807, 2.05) is 0 Å². The molecule has 0 radical (unpaired) electrons. The number of nitrogens with zero attached hydrogens (tertiary/aromatic N) is 1. The Morgan fingerprint density at radius 3 is 2.46 bits per heavy atom. The van der Waals surface area contributed by atoms with Crippen LogP contribution in [0.2, 0.25) is 0 Å². The summed E-state index contributed by atoms with van der Waals surface area (Å²) in [7, 11) is 1.28. The number of ether oxygens (including phenoxy) is 1. The van der Waals surface area contributed by atoms with Crippen LogP contribution in [0, 0.1) is 5.82 Å². The Morgan fingerprint density at radius 1 is 1.14 bits per heavy atom. The Hall–Kier alpha value is -3.51. The Bertz CT molecular complexity index is 1210. The maximum atomic E-state index is 13.9. The lowest BCUT2D eigenvalue weighted by atomic mass is 10.0. The van der Waals surface area contributed by atoms with Crippen molar-refractivity contribution in [2.24, 2.45) is 0 Å². The third-order valence-electron chi connectivity index (χ3n) is 5.22. The second-order valence-corrected chi connectivity index (χ2v) is 8.54. The van der Waals surface area contributed by atoms with Crippen LogP contribution < -0.4 is 14.4 Å². The third-order valence-corrected chi connectivity index (χ3v) is 5.86. The predicted octanol–water partition coefficient (Wildman–Crippen LogP) is 2.83. The molecule has 2 atom stereocenters. The normalized spacial score (nSPS) is 12.7. The number of halogens is 1. The average Bonchev–Trinajstić information content (AvgIpc) is 2.83. The number of benzene rings is 3. The topological polar surface area (TPSA) is 142 Å². The van der Waals surface area contributed by atoms with Gasteiger partial charge in [0.25, 0.3) is 0 Å². The van der Waals surface area contributed by atoms with Crippen LogP contribution in [0.15, 0.2) is 60.7 Å². The van der Waals surface area contributed by atoms with Gasteiger partial charge in [-0.2, -0.15) is 0 Å². The summed E-state index contributed by atoms with van der Waals surface area (Å²) in [6.45, 7) is 0.886. The molecule has 35 heavy (non-hydrogen) atoms. The second kappa shape index (κ2) is 11.8. The van der Waals surface area contributed by atoms with Gasteiger partial charge >= 0.3 is 5.97 Å². The SMILES string of the molecule is CN(c1cc(C(O)CNCCOc2ccc(-c3ccc(C(=O)O)c(F)c3)cc2)ccc1O)S(=O)[O-]. The Morgan fingerprint density at radius 2 is 1.83 bits per heavy atom. The molecule has 3 rings (SSSR count). The number of phenolic OH excluding ortho intramolecular Hbond substituents is 1. The molecule has 0 amide bonds. The number of nitrogens with one attached hydrogen (secondary N) is 1. The highest BCUT2D eigenvalue weighted by molar-refractivity contribution is 7.80. The van der Waals surface area contributed by atoms with Crippen LogP contribution in [0.1, 0.15) is 22.0 Å². The number of hydrogen-bond acceptors (Lipinski definition) is 7. The number of hydrogen-bond donors (Lipinski definition) is 4. The van der Waals surface area contributed by atoms with Gasteiger partial charge in [0.05, 0.1) is 17.4 Å². The number of aromatic hydroxyl groups is 1. The van der Waals surface area contributed by atoms with Gasteiger partial charge < -0.3 is 34.2 Å². The van der Waals surface area contributed by atoms with Gasteiger partial charge in [-0.3, -0.25) is 4.21 Å². The van der Waals surface area contributed by atoms with Gasteiger partial charge in [-0.1, -0.05) is 24.3 Å². The molecule has 11 heteroatoms. The van der Waals surface area contributed by atoms with E-state index >= 15 is 0 Å². The quantitative estimate of drug-likeness (QED) is 0.231. The minimum atomic E-state index is -2.56. The Kier molecular flexibility index (Phi) is 8.77. The first-order valence-corrected chi connectivity index (χ1v) is 11.5. The summed E-state index contributed by atoms with van der Waals surface area (Å²) in [6.07, 6.45) is -0.935. The number of carboxylic acids is 1. The highest BCUT2D eigenvalue weighted by atomic mass is 32.2. The van der Waals surface area contributed by atoms with Crippen molar-refractivity contribution in [2.45, 2.75) is 6.10 Å². The molecular formula is C24H24FN2O7S-. The minimum Gasteiger partial charge on any atom is -0.755 e. The fourth-order valence-corrected chi connectivity index (χ4v) is 3.60. The number of aliphatic hydroxyl groups is 1. The molecule has 0 fully saturated rings. The molecule has 0 heterocycles. The summed E-state index contributed by atoms with van der Waals surface area (Å²) in [5.41, 5.74) is 1.35. The van der Waals surface area contributed by atoms with E-state index in [0.29, 0.717) is 35.6 Å². The number of phenols is 1. The van der Waals surface area contributed by atoms with Crippen molar-refractivity contribution in [2.75, 3.05) is 31.0 Å². The van der Waals surface area contributed by atoms with Crippen LogP contribution in [0.3, 0.4) is 0 Å². The minimum absolute atomic E-state index is 0.0576. The van der Waals surface area contributed by atoms with E-state index in [-0.39, 0.29) is 23.5 Å². The second-order valence-electron chi connectivity index (χ2n) is 7.56. The Labute approximate surface area is 203 Å². The van der Waals surface area contributed by atoms with E-state index in [4.69, 9.17) is 9.84 Å². The van der Waals surface area contributed by atoms with Crippen LogP contribution in [0.5, 0.6) is 11.5 Å². The van der Waals surface area contributed by atoms with Crippen molar-refractivity contribution < 1.29 is 38.0 Å². The zero-order valence-corrected chi connectivity index (χ0v) is 19.5. The summed E-state index contributed by atoms with van der Waals surface area (Å²) in [5, 5.41) is 32.2. The molecule has 0 spiro atoms. The fourth-order valence-electron chi connectivity index (χ4n) is 3.29. The molecule has 0 aliphatic rings. The number of carboxylic acid groups (broad SMARTS) is 1. The van der Waals surface area contributed by atoms with Crippen LogP contribution in [-0.4, -0.2) is 56.8 Å². The molecule has 0 saturated carbocycles. The molecule has 9 nitrogen and oxygen atoms in total. The molecule has 3 aromatic rings. The van der Waals surface area contributed by atoms with Gasteiger partial charge in [-0.25, -0.2) is 9.18 Å². The van der Waals surface area contributed by atoms with Crippen molar-refractivity contribution in [1.29, 1.82) is 0 Å². The van der Waals surface area contributed by atoms with Gasteiger partial charge in [0.15, 0.2) is 0 Å². The molecule has 186 valence electrons. The molecular weight excluding hydrogens is 479 g/mol. The smallest absolute Gasteiger partial charge is 0.338 e.